The Labute approximate surface area is 98.3 Å². The zero-order valence-electron chi connectivity index (χ0n) is 10.3. The second-order valence-electron chi connectivity index (χ2n) is 4.95. The van der Waals surface area contributed by atoms with Crippen LogP contribution in [0.3, 0.4) is 0 Å². The third kappa shape index (κ3) is 3.37. The maximum atomic E-state index is 5.84. The zero-order valence-corrected chi connectivity index (χ0v) is 10.3. The fourth-order valence-electron chi connectivity index (χ4n) is 2.30. The first kappa shape index (κ1) is 11.7. The van der Waals surface area contributed by atoms with Gasteiger partial charge in [0.15, 0.2) is 5.96 Å². The van der Waals surface area contributed by atoms with E-state index >= 15 is 0 Å². The fraction of sp³-hybridized carbons (Fsp3) is 0.917. The Morgan fingerprint density at radius 1 is 1.44 bits per heavy atom. The molecular weight excluding hydrogens is 200 g/mol. The minimum absolute atomic E-state index is 0.585. The molecule has 0 amide bonds. The van der Waals surface area contributed by atoms with Crippen LogP contribution in [-0.2, 0) is 0 Å². The Morgan fingerprint density at radius 2 is 2.12 bits per heavy atom. The van der Waals surface area contributed by atoms with Crippen LogP contribution in [0, 0.1) is 0 Å². The second kappa shape index (κ2) is 5.53. The number of nitrogens with zero attached hydrogens (tertiary/aromatic N) is 2. The number of likely N-dealkylation sites (tertiary alicyclic amines) is 1. The van der Waals surface area contributed by atoms with Crippen molar-refractivity contribution in [3.05, 3.63) is 0 Å². The van der Waals surface area contributed by atoms with Crippen LogP contribution in [-0.4, -0.2) is 42.6 Å². The van der Waals surface area contributed by atoms with Crippen molar-refractivity contribution in [1.29, 1.82) is 0 Å². The van der Waals surface area contributed by atoms with Crippen molar-refractivity contribution >= 4 is 5.96 Å². The molecule has 16 heavy (non-hydrogen) atoms. The quantitative estimate of drug-likeness (QED) is 0.539. The molecular formula is C12H24N4. The van der Waals surface area contributed by atoms with E-state index in [0.29, 0.717) is 18.0 Å². The maximum Gasteiger partial charge on any atom is 0.188 e. The van der Waals surface area contributed by atoms with Crippen molar-refractivity contribution in [2.75, 3.05) is 19.6 Å². The van der Waals surface area contributed by atoms with E-state index in [1.807, 2.05) is 0 Å². The summed E-state index contributed by atoms with van der Waals surface area (Å²) in [5, 5.41) is 3.23. The number of aliphatic imine (C=N–C) groups is 1. The molecule has 0 aromatic heterocycles. The molecule has 2 fully saturated rings. The monoisotopic (exact) mass is 224 g/mol. The van der Waals surface area contributed by atoms with Crippen LogP contribution in [0.2, 0.25) is 0 Å². The lowest BCUT2D eigenvalue weighted by Crippen LogP contribution is -2.38. The predicted molar refractivity (Wildman–Crippen MR) is 67.5 cm³/mol. The van der Waals surface area contributed by atoms with Gasteiger partial charge < -0.3 is 11.1 Å². The van der Waals surface area contributed by atoms with E-state index in [1.165, 1.54) is 45.2 Å². The van der Waals surface area contributed by atoms with Gasteiger partial charge in [0.05, 0.1) is 6.54 Å². The summed E-state index contributed by atoms with van der Waals surface area (Å²) >= 11 is 0. The smallest absolute Gasteiger partial charge is 0.188 e. The summed E-state index contributed by atoms with van der Waals surface area (Å²) in [6.07, 6.45) is 6.35. The normalized spacial score (nSPS) is 24.7. The van der Waals surface area contributed by atoms with Crippen LogP contribution < -0.4 is 11.1 Å². The molecule has 1 unspecified atom stereocenters. The summed E-state index contributed by atoms with van der Waals surface area (Å²) in [4.78, 5) is 7.01. The summed E-state index contributed by atoms with van der Waals surface area (Å²) in [6.45, 7) is 5.57. The van der Waals surface area contributed by atoms with Gasteiger partial charge in [-0.2, -0.15) is 0 Å². The van der Waals surface area contributed by atoms with E-state index in [9.17, 15) is 0 Å². The van der Waals surface area contributed by atoms with Gasteiger partial charge >= 0.3 is 0 Å². The Bertz CT molecular complexity index is 241. The van der Waals surface area contributed by atoms with Gasteiger partial charge in [-0.15, -0.1) is 0 Å². The van der Waals surface area contributed by atoms with Crippen LogP contribution >= 0.6 is 0 Å². The van der Waals surface area contributed by atoms with Gasteiger partial charge in [-0.1, -0.05) is 6.92 Å². The average molecular weight is 224 g/mol. The van der Waals surface area contributed by atoms with E-state index in [0.717, 1.165) is 6.54 Å². The summed E-state index contributed by atoms with van der Waals surface area (Å²) in [7, 11) is 0. The van der Waals surface area contributed by atoms with E-state index in [2.05, 4.69) is 22.1 Å². The molecule has 1 atom stereocenters. The fourth-order valence-corrected chi connectivity index (χ4v) is 2.30. The molecule has 4 nitrogen and oxygen atoms in total. The van der Waals surface area contributed by atoms with Crippen LogP contribution in [0.5, 0.6) is 0 Å². The molecule has 1 heterocycles. The third-order valence-corrected chi connectivity index (χ3v) is 3.53. The number of nitrogens with one attached hydrogen (secondary N) is 1. The Hall–Kier alpha value is -0.770. The molecule has 1 saturated carbocycles. The first-order valence-electron chi connectivity index (χ1n) is 6.60. The third-order valence-electron chi connectivity index (χ3n) is 3.53. The highest BCUT2D eigenvalue weighted by Crippen LogP contribution is 2.18. The van der Waals surface area contributed by atoms with Crippen molar-refractivity contribution in [3.8, 4) is 0 Å². The molecule has 3 N–H and O–H groups in total. The lowest BCUT2D eigenvalue weighted by molar-refractivity contribution is 0.242. The first-order valence-corrected chi connectivity index (χ1v) is 6.60. The lowest BCUT2D eigenvalue weighted by Gasteiger charge is -2.24. The molecule has 1 aliphatic heterocycles. The molecule has 0 bridgehead atoms. The summed E-state index contributed by atoms with van der Waals surface area (Å²) in [6, 6.07) is 1.19. The zero-order chi connectivity index (χ0) is 11.4. The highest BCUT2D eigenvalue weighted by molar-refractivity contribution is 5.78. The summed E-state index contributed by atoms with van der Waals surface area (Å²) < 4.78 is 0. The lowest BCUT2D eigenvalue weighted by atomic mass is 10.2. The Balaban J connectivity index is 1.75. The van der Waals surface area contributed by atoms with Crippen molar-refractivity contribution < 1.29 is 0 Å². The number of rotatable bonds is 5. The maximum absolute atomic E-state index is 5.84. The highest BCUT2D eigenvalue weighted by atomic mass is 15.2. The molecule has 2 rings (SSSR count). The van der Waals surface area contributed by atoms with Crippen LogP contribution in [0.4, 0.5) is 0 Å². The molecule has 2 aliphatic rings. The summed E-state index contributed by atoms with van der Waals surface area (Å²) in [5.41, 5.74) is 5.84. The van der Waals surface area contributed by atoms with Gasteiger partial charge in [0.2, 0.25) is 0 Å². The SMILES string of the molecule is CCC(CN=C(N)NC1CC1)N1CCCC1. The van der Waals surface area contributed by atoms with Crippen LogP contribution in [0.1, 0.15) is 39.0 Å². The minimum Gasteiger partial charge on any atom is -0.370 e. The van der Waals surface area contributed by atoms with Gasteiger partial charge in [-0.05, 0) is 45.2 Å². The molecule has 0 aromatic carbocycles. The van der Waals surface area contributed by atoms with Crippen molar-refractivity contribution in [1.82, 2.24) is 10.2 Å². The largest absolute Gasteiger partial charge is 0.370 e. The van der Waals surface area contributed by atoms with Crippen molar-refractivity contribution in [2.24, 2.45) is 10.7 Å². The Morgan fingerprint density at radius 3 is 2.69 bits per heavy atom. The predicted octanol–water partition coefficient (Wildman–Crippen LogP) is 0.928. The topological polar surface area (TPSA) is 53.6 Å². The van der Waals surface area contributed by atoms with Crippen LogP contribution in [0.15, 0.2) is 4.99 Å². The second-order valence-corrected chi connectivity index (χ2v) is 4.95. The Kier molecular flexibility index (Phi) is 4.04. The van der Waals surface area contributed by atoms with E-state index in [1.54, 1.807) is 0 Å². The molecule has 0 aromatic rings. The molecule has 92 valence electrons. The standard InChI is InChI=1S/C12H24N4/c1-2-11(16-7-3-4-8-16)9-14-12(13)15-10-5-6-10/h10-11H,2-9H2,1H3,(H3,13,14,15). The van der Waals surface area contributed by atoms with Gasteiger partial charge in [0.25, 0.3) is 0 Å². The average Bonchev–Trinajstić information content (AvgIpc) is 2.92. The number of nitrogens with two attached hydrogens (primary N) is 1. The van der Waals surface area contributed by atoms with Gasteiger partial charge in [-0.25, -0.2) is 0 Å². The molecule has 0 radical (unpaired) electrons. The van der Waals surface area contributed by atoms with Gasteiger partial charge in [0.1, 0.15) is 0 Å². The van der Waals surface area contributed by atoms with E-state index in [-0.39, 0.29) is 0 Å². The number of hydrogen-bond donors (Lipinski definition) is 2. The number of hydrogen-bond acceptors (Lipinski definition) is 2. The molecule has 1 aliphatic carbocycles. The number of guanidine groups is 1. The molecule has 4 heteroatoms. The summed E-state index contributed by atoms with van der Waals surface area (Å²) in [5.74, 6) is 0.639. The van der Waals surface area contributed by atoms with E-state index in [4.69, 9.17) is 5.73 Å². The highest BCUT2D eigenvalue weighted by Gasteiger charge is 2.22. The van der Waals surface area contributed by atoms with E-state index < -0.39 is 0 Å². The first-order chi connectivity index (χ1) is 7.79. The van der Waals surface area contributed by atoms with Gasteiger partial charge in [-0.3, -0.25) is 9.89 Å². The minimum atomic E-state index is 0.585. The van der Waals surface area contributed by atoms with Crippen molar-refractivity contribution in [2.45, 2.75) is 51.1 Å². The van der Waals surface area contributed by atoms with Gasteiger partial charge in [0, 0.05) is 12.1 Å². The van der Waals surface area contributed by atoms with Crippen LogP contribution in [0.25, 0.3) is 0 Å². The van der Waals surface area contributed by atoms with Crippen molar-refractivity contribution in [3.63, 3.8) is 0 Å². The molecule has 1 saturated heterocycles. The molecule has 0 spiro atoms.